The second-order valence-corrected chi connectivity index (χ2v) is 6.70. The summed E-state index contributed by atoms with van der Waals surface area (Å²) < 4.78 is 0. The zero-order chi connectivity index (χ0) is 19.7. The number of rotatable bonds is 4. The van der Waals surface area contributed by atoms with Crippen LogP contribution in [0.3, 0.4) is 0 Å². The highest BCUT2D eigenvalue weighted by Crippen LogP contribution is 2.23. The predicted molar refractivity (Wildman–Crippen MR) is 109 cm³/mol. The molecule has 4 rings (SSSR count). The number of nitrogens with two attached hydrogens (primary N) is 1. The number of amides is 1. The van der Waals surface area contributed by atoms with Crippen molar-refractivity contribution < 1.29 is 4.79 Å². The lowest BCUT2D eigenvalue weighted by molar-refractivity contribution is 0.0934. The average Bonchev–Trinajstić information content (AvgIpc) is 3.11. The van der Waals surface area contributed by atoms with Crippen molar-refractivity contribution >= 4 is 22.8 Å². The number of nitrogen functional groups attached to an aromatic ring is 1. The molecule has 140 valence electrons. The van der Waals surface area contributed by atoms with Gasteiger partial charge in [0, 0.05) is 0 Å². The first-order chi connectivity index (χ1) is 13.5. The smallest absolute Gasteiger partial charge is 0.271 e. The van der Waals surface area contributed by atoms with Crippen molar-refractivity contribution in [2.45, 2.75) is 19.9 Å². The predicted octanol–water partition coefficient (Wildman–Crippen LogP) is 3.40. The van der Waals surface area contributed by atoms with Gasteiger partial charge in [-0.3, -0.25) is 4.79 Å². The molecular weight excluding hydrogens is 352 g/mol. The molecule has 2 aromatic carbocycles. The Morgan fingerprint density at radius 3 is 2.71 bits per heavy atom. The monoisotopic (exact) mass is 372 g/mol. The number of hydrogen-bond acceptors (Lipinski definition) is 5. The van der Waals surface area contributed by atoms with Crippen LogP contribution in [-0.2, 0) is 0 Å². The fourth-order valence-corrected chi connectivity index (χ4v) is 3.01. The number of aromatic nitrogens is 4. The van der Waals surface area contributed by atoms with Crippen molar-refractivity contribution in [2.75, 3.05) is 5.73 Å². The van der Waals surface area contributed by atoms with Crippen molar-refractivity contribution in [3.05, 3.63) is 71.5 Å². The maximum absolute atomic E-state index is 12.7. The second-order valence-electron chi connectivity index (χ2n) is 6.70. The van der Waals surface area contributed by atoms with Gasteiger partial charge in [0.25, 0.3) is 5.91 Å². The van der Waals surface area contributed by atoms with Gasteiger partial charge in [0.1, 0.15) is 11.4 Å². The van der Waals surface area contributed by atoms with Crippen molar-refractivity contribution in [3.8, 4) is 11.5 Å². The van der Waals surface area contributed by atoms with Crippen LogP contribution >= 0.6 is 0 Å². The number of hydrogen-bond donors (Lipinski definition) is 3. The molecule has 4 N–H and O–H groups in total. The SMILES string of the molecule is Cc1ccc2nc(-c3nc(C(=O)N[C@H](C)c4ccccc4)cnc3N)[nH]c2c1. The Morgan fingerprint density at radius 2 is 1.93 bits per heavy atom. The minimum Gasteiger partial charge on any atom is -0.382 e. The Hall–Kier alpha value is -3.74. The van der Waals surface area contributed by atoms with Crippen LogP contribution in [-0.4, -0.2) is 25.8 Å². The van der Waals surface area contributed by atoms with Gasteiger partial charge in [-0.2, -0.15) is 0 Å². The third-order valence-electron chi connectivity index (χ3n) is 4.54. The van der Waals surface area contributed by atoms with Crippen molar-refractivity contribution in [1.82, 2.24) is 25.3 Å². The Balaban J connectivity index is 1.63. The number of H-pyrrole nitrogens is 1. The molecule has 4 aromatic rings. The molecule has 0 aliphatic rings. The van der Waals surface area contributed by atoms with Crippen molar-refractivity contribution in [1.29, 1.82) is 0 Å². The van der Waals surface area contributed by atoms with Crippen LogP contribution in [0.15, 0.2) is 54.7 Å². The molecule has 2 heterocycles. The Kier molecular flexibility index (Phi) is 4.49. The summed E-state index contributed by atoms with van der Waals surface area (Å²) in [7, 11) is 0. The molecule has 0 radical (unpaired) electrons. The van der Waals surface area contributed by atoms with Crippen LogP contribution in [0.25, 0.3) is 22.6 Å². The molecule has 2 aromatic heterocycles. The zero-order valence-corrected chi connectivity index (χ0v) is 15.6. The Bertz CT molecular complexity index is 1150. The molecule has 1 atom stereocenters. The molecule has 0 fully saturated rings. The fourth-order valence-electron chi connectivity index (χ4n) is 3.01. The maximum atomic E-state index is 12.7. The molecule has 0 aliphatic carbocycles. The first-order valence-corrected chi connectivity index (χ1v) is 8.96. The summed E-state index contributed by atoms with van der Waals surface area (Å²) in [5.41, 5.74) is 10.3. The lowest BCUT2D eigenvalue weighted by Crippen LogP contribution is -2.27. The van der Waals surface area contributed by atoms with Crippen LogP contribution in [0, 0.1) is 6.92 Å². The van der Waals surface area contributed by atoms with Crippen LogP contribution in [0.2, 0.25) is 0 Å². The van der Waals surface area contributed by atoms with E-state index in [9.17, 15) is 4.79 Å². The van der Waals surface area contributed by atoms with Gasteiger partial charge < -0.3 is 16.0 Å². The number of carbonyl (C=O) groups excluding carboxylic acids is 1. The number of fused-ring (bicyclic) bond motifs is 1. The quantitative estimate of drug-likeness (QED) is 0.509. The topological polar surface area (TPSA) is 110 Å². The summed E-state index contributed by atoms with van der Waals surface area (Å²) >= 11 is 0. The minimum absolute atomic E-state index is 0.161. The number of benzene rings is 2. The van der Waals surface area contributed by atoms with E-state index in [2.05, 4.69) is 25.3 Å². The highest BCUT2D eigenvalue weighted by molar-refractivity contribution is 5.93. The minimum atomic E-state index is -0.322. The van der Waals surface area contributed by atoms with Gasteiger partial charge in [0.05, 0.1) is 23.3 Å². The maximum Gasteiger partial charge on any atom is 0.271 e. The molecule has 0 aliphatic heterocycles. The van der Waals surface area contributed by atoms with Crippen LogP contribution in [0.5, 0.6) is 0 Å². The lowest BCUT2D eigenvalue weighted by atomic mass is 10.1. The Labute approximate surface area is 162 Å². The van der Waals surface area contributed by atoms with Gasteiger partial charge in [-0.25, -0.2) is 15.0 Å². The van der Waals surface area contributed by atoms with Gasteiger partial charge in [-0.15, -0.1) is 0 Å². The number of aromatic amines is 1. The van der Waals surface area contributed by atoms with E-state index in [1.54, 1.807) is 0 Å². The summed E-state index contributed by atoms with van der Waals surface area (Å²) in [6.07, 6.45) is 1.37. The highest BCUT2D eigenvalue weighted by atomic mass is 16.1. The highest BCUT2D eigenvalue weighted by Gasteiger charge is 2.17. The first-order valence-electron chi connectivity index (χ1n) is 8.96. The normalized spacial score (nSPS) is 12.1. The molecule has 0 saturated carbocycles. The molecule has 0 bridgehead atoms. The van der Waals surface area contributed by atoms with Crippen molar-refractivity contribution in [3.63, 3.8) is 0 Å². The summed E-state index contributed by atoms with van der Waals surface area (Å²) in [6, 6.07) is 15.5. The third-order valence-corrected chi connectivity index (χ3v) is 4.54. The summed E-state index contributed by atoms with van der Waals surface area (Å²) in [4.78, 5) is 28.9. The Morgan fingerprint density at radius 1 is 1.14 bits per heavy atom. The van der Waals surface area contributed by atoms with Crippen LogP contribution < -0.4 is 11.1 Å². The molecular formula is C21H20N6O. The van der Waals surface area contributed by atoms with Crippen molar-refractivity contribution in [2.24, 2.45) is 0 Å². The van der Waals surface area contributed by atoms with Gasteiger partial charge in [-0.1, -0.05) is 36.4 Å². The first kappa shape index (κ1) is 17.7. The van der Waals surface area contributed by atoms with Gasteiger partial charge in [-0.05, 0) is 37.1 Å². The number of aryl methyl sites for hydroxylation is 1. The lowest BCUT2D eigenvalue weighted by Gasteiger charge is -2.14. The van der Waals surface area contributed by atoms with E-state index in [1.807, 2.05) is 62.4 Å². The van der Waals surface area contributed by atoms with E-state index in [0.29, 0.717) is 11.5 Å². The molecule has 0 unspecified atom stereocenters. The molecule has 28 heavy (non-hydrogen) atoms. The molecule has 7 nitrogen and oxygen atoms in total. The second kappa shape index (κ2) is 7.11. The number of anilines is 1. The number of nitrogens with zero attached hydrogens (tertiary/aromatic N) is 3. The molecule has 0 saturated heterocycles. The zero-order valence-electron chi connectivity index (χ0n) is 15.6. The van der Waals surface area contributed by atoms with E-state index in [0.717, 1.165) is 22.2 Å². The third kappa shape index (κ3) is 3.42. The largest absolute Gasteiger partial charge is 0.382 e. The van der Waals surface area contributed by atoms with E-state index in [-0.39, 0.29) is 23.5 Å². The van der Waals surface area contributed by atoms with E-state index >= 15 is 0 Å². The summed E-state index contributed by atoms with van der Waals surface area (Å²) in [5.74, 6) is 0.372. The van der Waals surface area contributed by atoms with Gasteiger partial charge >= 0.3 is 0 Å². The standard InChI is InChI=1S/C21H20N6O/c1-12-8-9-15-16(10-12)27-20(26-15)18-19(22)23-11-17(25-18)21(28)24-13(2)14-6-4-3-5-7-14/h3-11,13H,1-2H3,(H2,22,23)(H,24,28)(H,26,27)/t13-/m1/s1. The number of imidazole rings is 1. The molecule has 0 spiro atoms. The fraction of sp³-hybridized carbons (Fsp3) is 0.143. The number of carbonyl (C=O) groups is 1. The van der Waals surface area contributed by atoms with E-state index < -0.39 is 0 Å². The number of nitrogens with one attached hydrogen (secondary N) is 2. The average molecular weight is 372 g/mol. The van der Waals surface area contributed by atoms with Crippen LogP contribution in [0.4, 0.5) is 5.82 Å². The molecule has 7 heteroatoms. The van der Waals surface area contributed by atoms with Gasteiger partial charge in [0.15, 0.2) is 11.6 Å². The van der Waals surface area contributed by atoms with E-state index in [4.69, 9.17) is 5.73 Å². The summed E-state index contributed by atoms with van der Waals surface area (Å²) in [5, 5.41) is 2.93. The molecule has 1 amide bonds. The van der Waals surface area contributed by atoms with E-state index in [1.165, 1.54) is 6.20 Å². The van der Waals surface area contributed by atoms with Gasteiger partial charge in [0.2, 0.25) is 0 Å². The summed E-state index contributed by atoms with van der Waals surface area (Å²) in [6.45, 7) is 3.92. The van der Waals surface area contributed by atoms with Crippen LogP contribution in [0.1, 0.15) is 34.6 Å².